The number of nitrogens with one attached hydrogen (secondary N) is 1. The van der Waals surface area contributed by atoms with Gasteiger partial charge in [-0.1, -0.05) is 38.1 Å². The summed E-state index contributed by atoms with van der Waals surface area (Å²) in [4.78, 5) is 17.0. The number of carbonyl (C=O) groups excluding carboxylic acids is 1. The van der Waals surface area contributed by atoms with Crippen molar-refractivity contribution in [2.45, 2.75) is 51.5 Å². The molecule has 2 heterocycles. The number of carbonyl (C=O) groups is 1. The van der Waals surface area contributed by atoms with Crippen molar-refractivity contribution in [1.29, 1.82) is 5.26 Å². The van der Waals surface area contributed by atoms with E-state index in [2.05, 4.69) is 47.4 Å². The van der Waals surface area contributed by atoms with E-state index in [1.165, 1.54) is 5.56 Å². The molecule has 1 N–H and O–H groups in total. The molecular formula is C24H25N5O. The maximum absolute atomic E-state index is 12.4. The number of pyridine rings is 1. The van der Waals surface area contributed by atoms with Crippen LogP contribution in [0.15, 0.2) is 48.7 Å². The second-order valence-corrected chi connectivity index (χ2v) is 8.14. The number of aromatic nitrogens is 3. The lowest BCUT2D eigenvalue weighted by Gasteiger charge is -2.07. The molecule has 0 saturated heterocycles. The normalized spacial score (nSPS) is 13.3. The fourth-order valence-corrected chi connectivity index (χ4v) is 3.44. The molecule has 1 amide bonds. The lowest BCUT2D eigenvalue weighted by atomic mass is 10.0. The maximum Gasteiger partial charge on any atom is 0.229 e. The van der Waals surface area contributed by atoms with Gasteiger partial charge in [-0.2, -0.15) is 10.4 Å². The van der Waals surface area contributed by atoms with Crippen molar-refractivity contribution in [2.75, 3.05) is 5.32 Å². The molecule has 1 aliphatic rings. The van der Waals surface area contributed by atoms with E-state index in [9.17, 15) is 10.1 Å². The first kappa shape index (κ1) is 19.8. The van der Waals surface area contributed by atoms with Crippen molar-refractivity contribution in [3.63, 3.8) is 0 Å². The predicted octanol–water partition coefficient (Wildman–Crippen LogP) is 4.38. The lowest BCUT2D eigenvalue weighted by molar-refractivity contribution is -0.115. The van der Waals surface area contributed by atoms with Crippen LogP contribution in [0.5, 0.6) is 0 Å². The first-order valence-electron chi connectivity index (χ1n) is 10.3. The smallest absolute Gasteiger partial charge is 0.229 e. The fourth-order valence-electron chi connectivity index (χ4n) is 3.44. The highest BCUT2D eigenvalue weighted by atomic mass is 16.1. The van der Waals surface area contributed by atoms with E-state index < -0.39 is 0 Å². The van der Waals surface area contributed by atoms with Gasteiger partial charge in [0.25, 0.3) is 0 Å². The predicted molar refractivity (Wildman–Crippen MR) is 115 cm³/mol. The van der Waals surface area contributed by atoms with Crippen LogP contribution in [0.3, 0.4) is 0 Å². The summed E-state index contributed by atoms with van der Waals surface area (Å²) in [6.45, 7) is 4.80. The van der Waals surface area contributed by atoms with Crippen molar-refractivity contribution in [3.05, 3.63) is 76.7 Å². The Morgan fingerprint density at radius 2 is 1.97 bits per heavy atom. The third-order valence-electron chi connectivity index (χ3n) is 5.31. The van der Waals surface area contributed by atoms with E-state index in [0.29, 0.717) is 36.2 Å². The molecule has 4 rings (SSSR count). The molecule has 0 aliphatic heterocycles. The van der Waals surface area contributed by atoms with Crippen molar-refractivity contribution < 1.29 is 4.79 Å². The van der Waals surface area contributed by atoms with Crippen molar-refractivity contribution in [2.24, 2.45) is 0 Å². The number of nitrogens with zero attached hydrogens (tertiary/aromatic N) is 4. The number of nitriles is 1. The Hall–Kier alpha value is -3.46. The zero-order valence-electron chi connectivity index (χ0n) is 17.3. The molecular weight excluding hydrogens is 374 g/mol. The SMILES string of the molecule is CC(C)c1ccc(CC(=O)Nc2ccn(Cc3ccc(C#N)c(C4CC4)n3)n2)cc1. The van der Waals surface area contributed by atoms with Gasteiger partial charge < -0.3 is 5.32 Å². The van der Waals surface area contributed by atoms with Gasteiger partial charge in [-0.3, -0.25) is 14.5 Å². The third kappa shape index (κ3) is 4.74. The summed E-state index contributed by atoms with van der Waals surface area (Å²) in [5.41, 5.74) is 4.67. The number of hydrogen-bond acceptors (Lipinski definition) is 4. The highest BCUT2D eigenvalue weighted by molar-refractivity contribution is 5.91. The molecule has 1 fully saturated rings. The van der Waals surface area contributed by atoms with E-state index >= 15 is 0 Å². The number of hydrogen-bond donors (Lipinski definition) is 1. The zero-order valence-corrected chi connectivity index (χ0v) is 17.3. The summed E-state index contributed by atoms with van der Waals surface area (Å²) in [5, 5.41) is 16.6. The van der Waals surface area contributed by atoms with E-state index in [1.807, 2.05) is 30.5 Å². The van der Waals surface area contributed by atoms with Crippen LogP contribution in [0.25, 0.3) is 0 Å². The van der Waals surface area contributed by atoms with E-state index in [-0.39, 0.29) is 5.91 Å². The molecule has 0 unspecified atom stereocenters. The van der Waals surface area contributed by atoms with Gasteiger partial charge in [-0.15, -0.1) is 0 Å². The van der Waals surface area contributed by atoms with Gasteiger partial charge in [0, 0.05) is 18.2 Å². The topological polar surface area (TPSA) is 83.6 Å². The quantitative estimate of drug-likeness (QED) is 0.639. The van der Waals surface area contributed by atoms with Gasteiger partial charge >= 0.3 is 0 Å². The molecule has 0 radical (unpaired) electrons. The molecule has 1 saturated carbocycles. The first-order chi connectivity index (χ1) is 14.5. The van der Waals surface area contributed by atoms with Gasteiger partial charge in [0.2, 0.25) is 5.91 Å². The van der Waals surface area contributed by atoms with Crippen LogP contribution in [0.1, 0.15) is 66.6 Å². The van der Waals surface area contributed by atoms with Crippen LogP contribution in [0.4, 0.5) is 5.82 Å². The van der Waals surface area contributed by atoms with Gasteiger partial charge in [-0.25, -0.2) is 0 Å². The molecule has 30 heavy (non-hydrogen) atoms. The van der Waals surface area contributed by atoms with Gasteiger partial charge in [0.05, 0.1) is 29.9 Å². The van der Waals surface area contributed by atoms with Crippen molar-refractivity contribution >= 4 is 11.7 Å². The average Bonchev–Trinajstić information content (AvgIpc) is 3.49. The molecule has 6 heteroatoms. The number of amides is 1. The Morgan fingerprint density at radius 1 is 1.20 bits per heavy atom. The summed E-state index contributed by atoms with van der Waals surface area (Å²) >= 11 is 0. The van der Waals surface area contributed by atoms with E-state index in [4.69, 9.17) is 0 Å². The third-order valence-corrected chi connectivity index (χ3v) is 5.31. The van der Waals surface area contributed by atoms with Crippen LogP contribution in [-0.2, 0) is 17.8 Å². The van der Waals surface area contributed by atoms with Crippen LogP contribution in [0, 0.1) is 11.3 Å². The zero-order chi connectivity index (χ0) is 21.1. The second-order valence-electron chi connectivity index (χ2n) is 8.14. The summed E-state index contributed by atoms with van der Waals surface area (Å²) in [6, 6.07) is 15.9. The van der Waals surface area contributed by atoms with Crippen molar-refractivity contribution in [3.8, 4) is 6.07 Å². The largest absolute Gasteiger partial charge is 0.309 e. The molecule has 0 spiro atoms. The molecule has 6 nitrogen and oxygen atoms in total. The first-order valence-corrected chi connectivity index (χ1v) is 10.3. The second kappa shape index (κ2) is 8.50. The molecule has 0 bridgehead atoms. The number of anilines is 1. The standard InChI is InChI=1S/C24H25N5O/c1-16(2)18-5-3-17(4-6-18)13-23(30)27-22-11-12-29(28-22)15-21-10-9-20(14-25)24(26-21)19-7-8-19/h3-6,9-12,16,19H,7-8,13,15H2,1-2H3,(H,27,28,30). The van der Waals surface area contributed by atoms with Gasteiger partial charge in [0.15, 0.2) is 5.82 Å². The summed E-state index contributed by atoms with van der Waals surface area (Å²) in [5.74, 6) is 1.32. The Balaban J connectivity index is 1.36. The highest BCUT2D eigenvalue weighted by Gasteiger charge is 2.28. The Kier molecular flexibility index (Phi) is 5.62. The van der Waals surface area contributed by atoms with Gasteiger partial charge in [0.1, 0.15) is 6.07 Å². The summed E-state index contributed by atoms with van der Waals surface area (Å²) in [7, 11) is 0. The van der Waals surface area contributed by atoms with Crippen molar-refractivity contribution in [1.82, 2.24) is 14.8 Å². The molecule has 2 aromatic heterocycles. The van der Waals surface area contributed by atoms with E-state index in [0.717, 1.165) is 29.8 Å². The summed E-state index contributed by atoms with van der Waals surface area (Å²) in [6.07, 6.45) is 4.34. The molecule has 3 aromatic rings. The average molecular weight is 399 g/mol. The number of rotatable bonds is 7. The number of benzene rings is 1. The minimum Gasteiger partial charge on any atom is -0.309 e. The van der Waals surface area contributed by atoms with E-state index in [1.54, 1.807) is 10.7 Å². The lowest BCUT2D eigenvalue weighted by Crippen LogP contribution is -2.15. The Bertz CT molecular complexity index is 1090. The van der Waals surface area contributed by atoms with Gasteiger partial charge in [-0.05, 0) is 42.0 Å². The van der Waals surface area contributed by atoms with Crippen LogP contribution >= 0.6 is 0 Å². The monoisotopic (exact) mass is 399 g/mol. The maximum atomic E-state index is 12.4. The highest BCUT2D eigenvalue weighted by Crippen LogP contribution is 2.40. The minimum atomic E-state index is -0.0925. The van der Waals surface area contributed by atoms with Crippen LogP contribution < -0.4 is 5.32 Å². The summed E-state index contributed by atoms with van der Waals surface area (Å²) < 4.78 is 1.75. The van der Waals surface area contributed by atoms with Crippen LogP contribution in [0.2, 0.25) is 0 Å². The molecule has 152 valence electrons. The minimum absolute atomic E-state index is 0.0925. The Morgan fingerprint density at radius 3 is 2.63 bits per heavy atom. The van der Waals surface area contributed by atoms with Crippen LogP contribution in [-0.4, -0.2) is 20.7 Å². The molecule has 1 aliphatic carbocycles. The molecule has 0 atom stereocenters. The molecule has 1 aromatic carbocycles. The Labute approximate surface area is 176 Å². The fraction of sp³-hybridized carbons (Fsp3) is 0.333.